The van der Waals surface area contributed by atoms with Crippen LogP contribution in [0.5, 0.6) is 0 Å². The largest absolute Gasteiger partial charge is 0.326 e. The molecule has 0 bridgehead atoms. The van der Waals surface area contributed by atoms with Crippen LogP contribution in [0.15, 0.2) is 48.8 Å². The number of nitrogens with zero attached hydrogens (tertiary/aromatic N) is 2. The number of aromatic nitrogens is 1. The van der Waals surface area contributed by atoms with E-state index in [0.717, 1.165) is 5.69 Å². The molecule has 0 saturated carbocycles. The van der Waals surface area contributed by atoms with Crippen molar-refractivity contribution in [3.63, 3.8) is 0 Å². The molecule has 1 heterocycles. The lowest BCUT2D eigenvalue weighted by Crippen LogP contribution is -2.26. The van der Waals surface area contributed by atoms with Crippen LogP contribution in [0, 0.1) is 0 Å². The summed E-state index contributed by atoms with van der Waals surface area (Å²) in [7, 11) is 1.70. The van der Waals surface area contributed by atoms with E-state index in [0.29, 0.717) is 11.3 Å². The van der Waals surface area contributed by atoms with Crippen LogP contribution in [0.25, 0.3) is 0 Å². The Morgan fingerprint density at radius 1 is 1.15 bits per heavy atom. The zero-order valence-electron chi connectivity index (χ0n) is 11.3. The second kappa shape index (κ2) is 5.97. The average Bonchev–Trinajstić information content (AvgIpc) is 2.47. The maximum atomic E-state index is 12.3. The van der Waals surface area contributed by atoms with Crippen molar-refractivity contribution < 1.29 is 9.59 Å². The maximum Gasteiger partial charge on any atom is 0.258 e. The molecule has 0 aliphatic rings. The highest BCUT2D eigenvalue weighted by Crippen LogP contribution is 2.15. The van der Waals surface area contributed by atoms with Gasteiger partial charge in [0.2, 0.25) is 5.91 Å². The highest BCUT2D eigenvalue weighted by molar-refractivity contribution is 6.06. The Morgan fingerprint density at radius 3 is 2.40 bits per heavy atom. The third-order valence-electron chi connectivity index (χ3n) is 2.79. The first-order valence-corrected chi connectivity index (χ1v) is 6.13. The van der Waals surface area contributed by atoms with Gasteiger partial charge in [-0.05, 0) is 36.4 Å². The Morgan fingerprint density at radius 2 is 1.85 bits per heavy atom. The first-order chi connectivity index (χ1) is 9.58. The summed E-state index contributed by atoms with van der Waals surface area (Å²) in [6.45, 7) is 1.44. The van der Waals surface area contributed by atoms with E-state index in [4.69, 9.17) is 0 Å². The third kappa shape index (κ3) is 3.20. The lowest BCUT2D eigenvalue weighted by Gasteiger charge is -2.17. The number of carbonyl (C=O) groups excluding carboxylic acids is 2. The van der Waals surface area contributed by atoms with Gasteiger partial charge in [0, 0.05) is 31.4 Å². The molecule has 5 heteroatoms. The molecule has 1 N–H and O–H groups in total. The maximum absolute atomic E-state index is 12.3. The fraction of sp³-hybridized carbons (Fsp3) is 0.133. The van der Waals surface area contributed by atoms with Gasteiger partial charge in [-0.3, -0.25) is 14.6 Å². The van der Waals surface area contributed by atoms with Crippen molar-refractivity contribution in [3.8, 4) is 0 Å². The summed E-state index contributed by atoms with van der Waals surface area (Å²) >= 11 is 0. The highest BCUT2D eigenvalue weighted by Gasteiger charge is 2.13. The molecule has 1 aromatic carbocycles. The van der Waals surface area contributed by atoms with Gasteiger partial charge in [0.1, 0.15) is 0 Å². The number of rotatable bonds is 3. The average molecular weight is 269 g/mol. The second-order valence-corrected chi connectivity index (χ2v) is 4.33. The van der Waals surface area contributed by atoms with E-state index in [1.165, 1.54) is 11.8 Å². The third-order valence-corrected chi connectivity index (χ3v) is 2.79. The molecule has 0 spiro atoms. The molecule has 0 unspecified atom stereocenters. The molecule has 1 aromatic heterocycles. The number of hydrogen-bond donors (Lipinski definition) is 1. The van der Waals surface area contributed by atoms with Gasteiger partial charge in [-0.2, -0.15) is 0 Å². The molecule has 5 nitrogen and oxygen atoms in total. The minimum atomic E-state index is -0.142. The van der Waals surface area contributed by atoms with Crippen LogP contribution in [0.2, 0.25) is 0 Å². The molecule has 0 atom stereocenters. The molecular formula is C15H15N3O2. The molecule has 0 radical (unpaired) electrons. The van der Waals surface area contributed by atoms with Crippen molar-refractivity contribution in [2.75, 3.05) is 17.3 Å². The Kier molecular flexibility index (Phi) is 4.10. The molecular weight excluding hydrogens is 254 g/mol. The number of benzene rings is 1. The van der Waals surface area contributed by atoms with Crippen LogP contribution in [0.4, 0.5) is 11.4 Å². The topological polar surface area (TPSA) is 62.3 Å². The summed E-state index contributed by atoms with van der Waals surface area (Å²) in [6.07, 6.45) is 3.29. The highest BCUT2D eigenvalue weighted by atomic mass is 16.2. The van der Waals surface area contributed by atoms with Crippen LogP contribution >= 0.6 is 0 Å². The van der Waals surface area contributed by atoms with Crippen LogP contribution in [0.3, 0.4) is 0 Å². The van der Waals surface area contributed by atoms with Gasteiger partial charge in [-0.15, -0.1) is 0 Å². The van der Waals surface area contributed by atoms with E-state index in [-0.39, 0.29) is 11.8 Å². The number of nitrogens with one attached hydrogen (secondary N) is 1. The van der Waals surface area contributed by atoms with Gasteiger partial charge >= 0.3 is 0 Å². The summed E-state index contributed by atoms with van der Waals surface area (Å²) in [6, 6.07) is 10.4. The monoisotopic (exact) mass is 269 g/mol. The van der Waals surface area contributed by atoms with Crippen molar-refractivity contribution in [3.05, 3.63) is 54.4 Å². The summed E-state index contributed by atoms with van der Waals surface area (Å²) in [5.41, 5.74) is 1.94. The minimum Gasteiger partial charge on any atom is -0.326 e. The fourth-order valence-corrected chi connectivity index (χ4v) is 1.76. The zero-order chi connectivity index (χ0) is 14.5. The first kappa shape index (κ1) is 13.7. The van der Waals surface area contributed by atoms with E-state index in [2.05, 4.69) is 10.3 Å². The number of anilines is 2. The Bertz CT molecular complexity index is 609. The standard InChI is InChI=1S/C15H15N3O2/c1-11(19)17-13-7-5-12(6-8-13)15(20)18(2)14-4-3-9-16-10-14/h3-10H,1-2H3,(H,17,19). The number of amides is 2. The Hall–Kier alpha value is -2.69. The Labute approximate surface area is 117 Å². The number of carbonyl (C=O) groups is 2. The van der Waals surface area contributed by atoms with E-state index in [9.17, 15) is 9.59 Å². The van der Waals surface area contributed by atoms with Crippen molar-refractivity contribution in [2.24, 2.45) is 0 Å². The van der Waals surface area contributed by atoms with E-state index >= 15 is 0 Å². The number of hydrogen-bond acceptors (Lipinski definition) is 3. The molecule has 0 aliphatic carbocycles. The molecule has 0 fully saturated rings. The quantitative estimate of drug-likeness (QED) is 0.930. The molecule has 2 aromatic rings. The predicted molar refractivity (Wildman–Crippen MR) is 77.7 cm³/mol. The summed E-state index contributed by atoms with van der Waals surface area (Å²) < 4.78 is 0. The van der Waals surface area contributed by atoms with Crippen LogP contribution in [-0.4, -0.2) is 23.8 Å². The Balaban J connectivity index is 2.15. The van der Waals surface area contributed by atoms with Gasteiger partial charge in [-0.25, -0.2) is 0 Å². The number of pyridine rings is 1. The summed E-state index contributed by atoms with van der Waals surface area (Å²) in [4.78, 5) is 28.7. The summed E-state index contributed by atoms with van der Waals surface area (Å²) in [5, 5.41) is 2.66. The van der Waals surface area contributed by atoms with Crippen molar-refractivity contribution >= 4 is 23.2 Å². The van der Waals surface area contributed by atoms with Gasteiger partial charge in [0.15, 0.2) is 0 Å². The first-order valence-electron chi connectivity index (χ1n) is 6.13. The van der Waals surface area contributed by atoms with Crippen LogP contribution < -0.4 is 10.2 Å². The van der Waals surface area contributed by atoms with Crippen molar-refractivity contribution in [2.45, 2.75) is 6.92 Å². The van der Waals surface area contributed by atoms with E-state index in [1.54, 1.807) is 49.8 Å². The lowest BCUT2D eigenvalue weighted by atomic mass is 10.1. The zero-order valence-corrected chi connectivity index (χ0v) is 11.3. The van der Waals surface area contributed by atoms with E-state index in [1.807, 2.05) is 6.07 Å². The van der Waals surface area contributed by atoms with Crippen molar-refractivity contribution in [1.82, 2.24) is 4.98 Å². The van der Waals surface area contributed by atoms with Crippen molar-refractivity contribution in [1.29, 1.82) is 0 Å². The SMILES string of the molecule is CC(=O)Nc1ccc(C(=O)N(C)c2cccnc2)cc1. The smallest absolute Gasteiger partial charge is 0.258 e. The van der Waals surface area contributed by atoms with Gasteiger partial charge in [0.25, 0.3) is 5.91 Å². The van der Waals surface area contributed by atoms with Crippen LogP contribution in [0.1, 0.15) is 17.3 Å². The molecule has 2 amide bonds. The molecule has 20 heavy (non-hydrogen) atoms. The lowest BCUT2D eigenvalue weighted by molar-refractivity contribution is -0.114. The normalized spacial score (nSPS) is 9.90. The molecule has 102 valence electrons. The fourth-order valence-electron chi connectivity index (χ4n) is 1.76. The second-order valence-electron chi connectivity index (χ2n) is 4.33. The van der Waals surface area contributed by atoms with E-state index < -0.39 is 0 Å². The molecule has 0 saturated heterocycles. The van der Waals surface area contributed by atoms with Crippen LogP contribution in [-0.2, 0) is 4.79 Å². The molecule has 2 rings (SSSR count). The predicted octanol–water partition coefficient (Wildman–Crippen LogP) is 2.32. The van der Waals surface area contributed by atoms with Gasteiger partial charge in [0.05, 0.1) is 11.9 Å². The summed E-state index contributed by atoms with van der Waals surface area (Å²) in [5.74, 6) is -0.274. The van der Waals surface area contributed by atoms with Gasteiger partial charge in [-0.1, -0.05) is 0 Å². The minimum absolute atomic E-state index is 0.132. The van der Waals surface area contributed by atoms with Gasteiger partial charge < -0.3 is 10.2 Å². The molecule has 0 aliphatic heterocycles.